The number of hydrogen-bond acceptors (Lipinski definition) is 7. The Balaban J connectivity index is 1.72. The fraction of sp³-hybridized carbons (Fsp3) is 0.462. The van der Waals surface area contributed by atoms with E-state index in [0.717, 1.165) is 18.9 Å². The Bertz CT molecular complexity index is 1240. The number of anilines is 1. The standard InChI is InChI=1S/C26H30F3N3O4/c1-14(17-6-5-7-19(24(17)27)26(28,29)13-33)30-25-18-10-22(36-23(12-34-3)16-8-9-16)21(35-4)11-20(18)31-15(2)32-25/h5-7,10-11,14,16,23,33H,8-9,12-13H2,1-4H3,(H,30,31,32)/t14-,23?/m1/s1. The summed E-state index contributed by atoms with van der Waals surface area (Å²) in [6.45, 7) is 2.31. The summed E-state index contributed by atoms with van der Waals surface area (Å²) in [5.74, 6) is -2.51. The van der Waals surface area contributed by atoms with Gasteiger partial charge in [0.15, 0.2) is 11.5 Å². The van der Waals surface area contributed by atoms with Gasteiger partial charge in [0, 0.05) is 24.1 Å². The molecule has 2 atom stereocenters. The van der Waals surface area contributed by atoms with Crippen molar-refractivity contribution in [1.82, 2.24) is 9.97 Å². The summed E-state index contributed by atoms with van der Waals surface area (Å²) in [6.07, 6.45) is 2.00. The second-order valence-electron chi connectivity index (χ2n) is 9.03. The molecule has 3 aromatic rings. The van der Waals surface area contributed by atoms with Crippen molar-refractivity contribution in [1.29, 1.82) is 0 Å². The highest BCUT2D eigenvalue weighted by molar-refractivity contribution is 5.92. The Morgan fingerprint density at radius 2 is 1.92 bits per heavy atom. The van der Waals surface area contributed by atoms with Crippen molar-refractivity contribution in [2.45, 2.75) is 44.8 Å². The first-order valence-corrected chi connectivity index (χ1v) is 11.7. The van der Waals surface area contributed by atoms with Crippen LogP contribution in [-0.4, -0.2) is 48.6 Å². The molecule has 1 aliphatic carbocycles. The molecule has 4 rings (SSSR count). The summed E-state index contributed by atoms with van der Waals surface area (Å²) in [5, 5.41) is 12.8. The molecule has 0 bridgehead atoms. The number of halogens is 3. The first-order valence-electron chi connectivity index (χ1n) is 11.7. The minimum Gasteiger partial charge on any atom is -0.493 e. The number of methoxy groups -OCH3 is 2. The molecule has 1 aromatic heterocycles. The topological polar surface area (TPSA) is 85.7 Å². The molecule has 0 amide bonds. The Labute approximate surface area is 207 Å². The second-order valence-corrected chi connectivity index (χ2v) is 9.03. The fourth-order valence-corrected chi connectivity index (χ4v) is 4.21. The van der Waals surface area contributed by atoms with Crippen LogP contribution in [0.4, 0.5) is 19.0 Å². The van der Waals surface area contributed by atoms with E-state index >= 15 is 4.39 Å². The molecule has 194 valence electrons. The number of aryl methyl sites for hydroxylation is 1. The molecule has 0 radical (unpaired) electrons. The SMILES string of the molecule is COCC(Oc1cc2c(N[C@H](C)c3cccc(C(F)(F)CO)c3F)nc(C)nc2cc1OC)C1CC1. The number of benzene rings is 2. The number of aliphatic hydroxyl groups excluding tert-OH is 1. The Kier molecular flexibility index (Phi) is 7.56. The summed E-state index contributed by atoms with van der Waals surface area (Å²) < 4.78 is 60.3. The third-order valence-corrected chi connectivity index (χ3v) is 6.29. The van der Waals surface area contributed by atoms with Crippen molar-refractivity contribution in [3.63, 3.8) is 0 Å². The normalized spacial score (nSPS) is 15.6. The molecular weight excluding hydrogens is 475 g/mol. The van der Waals surface area contributed by atoms with Gasteiger partial charge >= 0.3 is 0 Å². The quantitative estimate of drug-likeness (QED) is 0.373. The van der Waals surface area contributed by atoms with E-state index in [1.54, 1.807) is 40.2 Å². The number of nitrogens with one attached hydrogen (secondary N) is 1. The van der Waals surface area contributed by atoms with Gasteiger partial charge in [0.2, 0.25) is 0 Å². The van der Waals surface area contributed by atoms with Crippen LogP contribution >= 0.6 is 0 Å². The average molecular weight is 506 g/mol. The van der Waals surface area contributed by atoms with Crippen molar-refractivity contribution in [2.75, 3.05) is 32.8 Å². The molecule has 2 N–H and O–H groups in total. The molecule has 1 fully saturated rings. The summed E-state index contributed by atoms with van der Waals surface area (Å²) in [4.78, 5) is 8.98. The predicted octanol–water partition coefficient (Wildman–Crippen LogP) is 5.15. The Morgan fingerprint density at radius 3 is 2.56 bits per heavy atom. The van der Waals surface area contributed by atoms with Crippen molar-refractivity contribution in [3.8, 4) is 11.5 Å². The van der Waals surface area contributed by atoms with E-state index in [-0.39, 0.29) is 11.7 Å². The second kappa shape index (κ2) is 10.5. The highest BCUT2D eigenvalue weighted by Gasteiger charge is 2.35. The maximum Gasteiger partial charge on any atom is 0.298 e. The number of alkyl halides is 2. The summed E-state index contributed by atoms with van der Waals surface area (Å²) >= 11 is 0. The van der Waals surface area contributed by atoms with E-state index in [2.05, 4.69) is 15.3 Å². The summed E-state index contributed by atoms with van der Waals surface area (Å²) in [5.41, 5.74) is -0.259. The van der Waals surface area contributed by atoms with E-state index in [4.69, 9.17) is 19.3 Å². The monoisotopic (exact) mass is 505 g/mol. The average Bonchev–Trinajstić information content (AvgIpc) is 3.69. The lowest BCUT2D eigenvalue weighted by atomic mass is 10.00. The van der Waals surface area contributed by atoms with Gasteiger partial charge in [-0.1, -0.05) is 12.1 Å². The minimum absolute atomic E-state index is 0.0175. The third kappa shape index (κ3) is 5.34. The molecule has 1 saturated carbocycles. The number of fused-ring (bicyclic) bond motifs is 1. The molecule has 1 heterocycles. The number of aliphatic hydroxyl groups is 1. The van der Waals surface area contributed by atoms with E-state index in [0.29, 0.717) is 46.6 Å². The van der Waals surface area contributed by atoms with Crippen LogP contribution in [0.25, 0.3) is 10.9 Å². The first-order chi connectivity index (χ1) is 17.2. The molecule has 1 aliphatic rings. The van der Waals surface area contributed by atoms with Gasteiger partial charge in [0.25, 0.3) is 5.92 Å². The smallest absolute Gasteiger partial charge is 0.298 e. The lowest BCUT2D eigenvalue weighted by molar-refractivity contribution is -0.0583. The van der Waals surface area contributed by atoms with E-state index in [9.17, 15) is 8.78 Å². The predicted molar refractivity (Wildman–Crippen MR) is 129 cm³/mol. The van der Waals surface area contributed by atoms with E-state index < -0.39 is 30.0 Å². The summed E-state index contributed by atoms with van der Waals surface area (Å²) in [7, 11) is 3.17. The first kappa shape index (κ1) is 26.0. The maximum absolute atomic E-state index is 15.0. The lowest BCUT2D eigenvalue weighted by Crippen LogP contribution is -2.25. The van der Waals surface area contributed by atoms with Crippen LogP contribution in [0.15, 0.2) is 30.3 Å². The highest BCUT2D eigenvalue weighted by atomic mass is 19.3. The van der Waals surface area contributed by atoms with Gasteiger partial charge in [0.1, 0.15) is 30.2 Å². The van der Waals surface area contributed by atoms with Gasteiger partial charge in [-0.3, -0.25) is 0 Å². The molecule has 0 spiro atoms. The van der Waals surface area contributed by atoms with Crippen molar-refractivity contribution in [3.05, 3.63) is 53.1 Å². The van der Waals surface area contributed by atoms with Gasteiger partial charge in [-0.25, -0.2) is 14.4 Å². The molecular formula is C26H30F3N3O4. The molecule has 1 unspecified atom stereocenters. The van der Waals surface area contributed by atoms with E-state index in [1.165, 1.54) is 12.1 Å². The van der Waals surface area contributed by atoms with Crippen molar-refractivity contribution < 1.29 is 32.5 Å². The Hall–Kier alpha value is -3.11. The zero-order valence-electron chi connectivity index (χ0n) is 20.6. The number of rotatable bonds is 11. The van der Waals surface area contributed by atoms with Crippen LogP contribution in [0.2, 0.25) is 0 Å². The fourth-order valence-electron chi connectivity index (χ4n) is 4.21. The van der Waals surface area contributed by atoms with Crippen LogP contribution in [0.5, 0.6) is 11.5 Å². The van der Waals surface area contributed by atoms with Gasteiger partial charge < -0.3 is 24.6 Å². The third-order valence-electron chi connectivity index (χ3n) is 6.29. The van der Waals surface area contributed by atoms with Gasteiger partial charge in [-0.05, 0) is 44.7 Å². The Morgan fingerprint density at radius 1 is 1.17 bits per heavy atom. The van der Waals surface area contributed by atoms with Crippen LogP contribution in [0.1, 0.15) is 42.8 Å². The van der Waals surface area contributed by atoms with Gasteiger partial charge in [0.05, 0.1) is 30.8 Å². The summed E-state index contributed by atoms with van der Waals surface area (Å²) in [6, 6.07) is 6.51. The van der Waals surface area contributed by atoms with Crippen LogP contribution < -0.4 is 14.8 Å². The minimum atomic E-state index is -3.69. The van der Waals surface area contributed by atoms with Crippen LogP contribution in [-0.2, 0) is 10.7 Å². The largest absolute Gasteiger partial charge is 0.493 e. The molecule has 7 nitrogen and oxygen atoms in total. The van der Waals surface area contributed by atoms with Crippen molar-refractivity contribution in [2.24, 2.45) is 5.92 Å². The van der Waals surface area contributed by atoms with Crippen molar-refractivity contribution >= 4 is 16.7 Å². The van der Waals surface area contributed by atoms with E-state index in [1.807, 2.05) is 0 Å². The molecule has 0 aliphatic heterocycles. The highest BCUT2D eigenvalue weighted by Crippen LogP contribution is 2.40. The zero-order chi connectivity index (χ0) is 26.0. The molecule has 0 saturated heterocycles. The molecule has 10 heteroatoms. The number of hydrogen-bond donors (Lipinski definition) is 2. The van der Waals surface area contributed by atoms with Crippen LogP contribution in [0, 0.1) is 18.7 Å². The van der Waals surface area contributed by atoms with Gasteiger partial charge in [-0.2, -0.15) is 8.78 Å². The zero-order valence-corrected chi connectivity index (χ0v) is 20.6. The molecule has 2 aromatic carbocycles. The molecule has 36 heavy (non-hydrogen) atoms. The maximum atomic E-state index is 15.0. The van der Waals surface area contributed by atoms with Gasteiger partial charge in [-0.15, -0.1) is 0 Å². The number of nitrogens with zero attached hydrogens (tertiary/aromatic N) is 2. The number of aromatic nitrogens is 2. The van der Waals surface area contributed by atoms with Crippen LogP contribution in [0.3, 0.4) is 0 Å². The lowest BCUT2D eigenvalue weighted by Gasteiger charge is -2.22. The number of ether oxygens (including phenoxy) is 3.